The van der Waals surface area contributed by atoms with Gasteiger partial charge in [0, 0.05) is 12.8 Å². The molecule has 0 aromatic heterocycles. The molecule has 2 spiro atoms. The fraction of sp³-hybridized carbons (Fsp3) is 0.800. The molecule has 6 nitrogen and oxygen atoms in total. The summed E-state index contributed by atoms with van der Waals surface area (Å²) < 4.78 is 23.3. The summed E-state index contributed by atoms with van der Waals surface area (Å²) in [5, 5.41) is 9.91. The van der Waals surface area contributed by atoms with Crippen LogP contribution in [0.2, 0.25) is 0 Å². The second-order valence-corrected chi connectivity index (χ2v) is 5.80. The van der Waals surface area contributed by atoms with Crippen LogP contribution in [0.25, 0.3) is 0 Å². The van der Waals surface area contributed by atoms with E-state index in [0.29, 0.717) is 26.1 Å². The summed E-state index contributed by atoms with van der Waals surface area (Å²) >= 11 is 0. The zero-order chi connectivity index (χ0) is 14.9. The lowest BCUT2D eigenvalue weighted by Crippen LogP contribution is -2.70. The van der Waals surface area contributed by atoms with Crippen molar-refractivity contribution in [3.05, 3.63) is 12.7 Å². The molecule has 1 N–H and O–H groups in total. The molecule has 3 aliphatic heterocycles. The van der Waals surface area contributed by atoms with Crippen molar-refractivity contribution in [3.8, 4) is 0 Å². The van der Waals surface area contributed by atoms with Gasteiger partial charge in [0.25, 0.3) is 5.79 Å². The molecule has 21 heavy (non-hydrogen) atoms. The second kappa shape index (κ2) is 5.68. The minimum Gasteiger partial charge on any atom is -0.425 e. The Morgan fingerprint density at radius 2 is 1.76 bits per heavy atom. The molecule has 0 saturated carbocycles. The molecule has 3 saturated heterocycles. The molecule has 6 heteroatoms. The quantitative estimate of drug-likeness (QED) is 0.611. The fourth-order valence-corrected chi connectivity index (χ4v) is 3.29. The average molecular weight is 298 g/mol. The molecule has 0 unspecified atom stereocenters. The highest BCUT2D eigenvalue weighted by molar-refractivity contribution is 5.77. The van der Waals surface area contributed by atoms with Crippen LogP contribution in [0.3, 0.4) is 0 Å². The van der Waals surface area contributed by atoms with E-state index in [9.17, 15) is 9.90 Å². The van der Waals surface area contributed by atoms with Crippen molar-refractivity contribution in [2.45, 2.75) is 62.3 Å². The Labute approximate surface area is 124 Å². The Bertz CT molecular complexity index is 408. The second-order valence-electron chi connectivity index (χ2n) is 5.80. The van der Waals surface area contributed by atoms with Crippen molar-refractivity contribution in [2.24, 2.45) is 0 Å². The lowest BCUT2D eigenvalue weighted by atomic mass is 9.89. The maximum atomic E-state index is 12.2. The van der Waals surface area contributed by atoms with E-state index in [0.717, 1.165) is 25.7 Å². The topological polar surface area (TPSA) is 74.2 Å². The first-order valence-electron chi connectivity index (χ1n) is 7.62. The molecule has 0 aliphatic carbocycles. The van der Waals surface area contributed by atoms with Gasteiger partial charge in [0.1, 0.15) is 6.10 Å². The van der Waals surface area contributed by atoms with Gasteiger partial charge in [-0.1, -0.05) is 6.08 Å². The van der Waals surface area contributed by atoms with Crippen molar-refractivity contribution >= 4 is 5.97 Å². The van der Waals surface area contributed by atoms with Gasteiger partial charge in [0.2, 0.25) is 5.79 Å². The highest BCUT2D eigenvalue weighted by Gasteiger charge is 2.65. The molecule has 3 aliphatic rings. The van der Waals surface area contributed by atoms with Gasteiger partial charge < -0.3 is 24.1 Å². The van der Waals surface area contributed by atoms with Crippen LogP contribution in [0.1, 0.15) is 38.5 Å². The number of ether oxygens (including phenoxy) is 4. The van der Waals surface area contributed by atoms with Crippen LogP contribution >= 0.6 is 0 Å². The minimum atomic E-state index is -1.18. The lowest BCUT2D eigenvalue weighted by Gasteiger charge is -2.55. The first kappa shape index (κ1) is 15.0. The van der Waals surface area contributed by atoms with E-state index in [2.05, 4.69) is 6.58 Å². The Morgan fingerprint density at radius 3 is 2.29 bits per heavy atom. The molecular formula is C15H22O6. The number of fused-ring (bicyclic) bond motifs is 1. The molecule has 3 rings (SSSR count). The van der Waals surface area contributed by atoms with Crippen LogP contribution in [0.4, 0.5) is 0 Å². The predicted octanol–water partition coefficient (Wildman–Crippen LogP) is 1.27. The Balaban J connectivity index is 1.92. The summed E-state index contributed by atoms with van der Waals surface area (Å²) in [5.41, 5.74) is 0. The van der Waals surface area contributed by atoms with E-state index in [-0.39, 0.29) is 0 Å². The van der Waals surface area contributed by atoms with E-state index >= 15 is 0 Å². The molecule has 4 atom stereocenters. The number of carbonyl (C=O) groups excluding carboxylic acids is 1. The minimum absolute atomic E-state index is 0.510. The number of aliphatic hydroxyl groups is 1. The maximum Gasteiger partial charge on any atom is 0.341 e. The van der Waals surface area contributed by atoms with Crippen molar-refractivity contribution in [3.63, 3.8) is 0 Å². The smallest absolute Gasteiger partial charge is 0.341 e. The third kappa shape index (κ3) is 2.40. The predicted molar refractivity (Wildman–Crippen MR) is 72.2 cm³/mol. The van der Waals surface area contributed by atoms with Crippen LogP contribution in [0.5, 0.6) is 0 Å². The largest absolute Gasteiger partial charge is 0.425 e. The third-order valence-electron chi connectivity index (χ3n) is 4.42. The van der Waals surface area contributed by atoms with Crippen molar-refractivity contribution < 1.29 is 28.8 Å². The van der Waals surface area contributed by atoms with Crippen molar-refractivity contribution in [1.29, 1.82) is 0 Å². The van der Waals surface area contributed by atoms with Gasteiger partial charge in [-0.3, -0.25) is 0 Å². The zero-order valence-corrected chi connectivity index (χ0v) is 12.1. The van der Waals surface area contributed by atoms with Gasteiger partial charge in [-0.15, -0.1) is 6.58 Å². The third-order valence-corrected chi connectivity index (χ3v) is 4.42. The summed E-state index contributed by atoms with van der Waals surface area (Å²) in [6.07, 6.45) is 3.81. The lowest BCUT2D eigenvalue weighted by molar-refractivity contribution is -0.445. The molecule has 0 radical (unpaired) electrons. The van der Waals surface area contributed by atoms with E-state index in [1.807, 2.05) is 0 Å². The molecular weight excluding hydrogens is 276 g/mol. The molecule has 0 amide bonds. The molecule has 3 fully saturated rings. The van der Waals surface area contributed by atoms with Crippen LogP contribution in [0, 0.1) is 0 Å². The molecule has 0 bridgehead atoms. The number of hydrogen-bond acceptors (Lipinski definition) is 6. The van der Waals surface area contributed by atoms with Crippen LogP contribution in [-0.2, 0) is 23.7 Å². The fourth-order valence-electron chi connectivity index (χ4n) is 3.29. The van der Waals surface area contributed by atoms with Crippen LogP contribution < -0.4 is 0 Å². The van der Waals surface area contributed by atoms with E-state index in [1.165, 1.54) is 6.08 Å². The molecule has 3 heterocycles. The van der Waals surface area contributed by atoms with Crippen LogP contribution in [0.15, 0.2) is 12.7 Å². The van der Waals surface area contributed by atoms with Gasteiger partial charge in [-0.2, -0.15) is 0 Å². The monoisotopic (exact) mass is 298 g/mol. The summed E-state index contributed by atoms with van der Waals surface area (Å²) in [6, 6.07) is 0. The summed E-state index contributed by atoms with van der Waals surface area (Å²) in [6.45, 7) is 4.54. The first-order chi connectivity index (χ1) is 10.1. The first-order valence-corrected chi connectivity index (χ1v) is 7.62. The Morgan fingerprint density at radius 1 is 1.14 bits per heavy atom. The normalized spacial score (nSPS) is 41.8. The van der Waals surface area contributed by atoms with Crippen molar-refractivity contribution in [2.75, 3.05) is 13.2 Å². The summed E-state index contributed by atoms with van der Waals surface area (Å²) in [4.78, 5) is 12.2. The van der Waals surface area contributed by atoms with Gasteiger partial charge in [-0.05, 0) is 25.7 Å². The zero-order valence-electron chi connectivity index (χ0n) is 12.1. The number of esters is 1. The van der Waals surface area contributed by atoms with Crippen LogP contribution in [-0.4, -0.2) is 48.1 Å². The van der Waals surface area contributed by atoms with E-state index in [1.54, 1.807) is 0 Å². The SMILES string of the molecule is C=C[C@H](O)[C@@H]1O[C@]2(CCCCO2)[C@@]2(CCCCO2)OC1=O. The maximum absolute atomic E-state index is 12.2. The highest BCUT2D eigenvalue weighted by Crippen LogP contribution is 2.48. The molecule has 0 aromatic carbocycles. The van der Waals surface area contributed by atoms with E-state index in [4.69, 9.17) is 18.9 Å². The van der Waals surface area contributed by atoms with Gasteiger partial charge in [0.05, 0.1) is 13.2 Å². The summed E-state index contributed by atoms with van der Waals surface area (Å²) in [7, 11) is 0. The van der Waals surface area contributed by atoms with Gasteiger partial charge in [0.15, 0.2) is 6.10 Å². The highest BCUT2D eigenvalue weighted by atomic mass is 16.8. The standard InChI is InChI=1S/C15H22O6/c1-2-11(16)12-13(17)21-15(8-4-6-10-19-15)14(20-12)7-3-5-9-18-14/h2,11-12,16H,1,3-10H2/t11-,12-,14+,15+/m0/s1. The summed E-state index contributed by atoms with van der Waals surface area (Å²) in [5.74, 6) is -2.92. The van der Waals surface area contributed by atoms with E-state index < -0.39 is 29.8 Å². The number of hydrogen-bond donors (Lipinski definition) is 1. The van der Waals surface area contributed by atoms with Gasteiger partial charge in [-0.25, -0.2) is 4.79 Å². The number of carbonyl (C=O) groups is 1. The van der Waals surface area contributed by atoms with Crippen molar-refractivity contribution in [1.82, 2.24) is 0 Å². The Hall–Kier alpha value is -0.950. The average Bonchev–Trinajstić information content (AvgIpc) is 2.52. The number of aliphatic hydroxyl groups excluding tert-OH is 1. The number of rotatable bonds is 2. The molecule has 118 valence electrons. The van der Waals surface area contributed by atoms with Gasteiger partial charge >= 0.3 is 5.97 Å². The Kier molecular flexibility index (Phi) is 4.05. The molecule has 0 aromatic rings.